The van der Waals surface area contributed by atoms with Crippen molar-refractivity contribution in [2.75, 3.05) is 19.5 Å². The molecule has 0 aromatic heterocycles. The van der Waals surface area contributed by atoms with Gasteiger partial charge in [0.25, 0.3) is 0 Å². The average Bonchev–Trinajstić information content (AvgIpc) is 3.32. The number of carbonyl (C=O) groups excluding carboxylic acids is 3. The number of likely N-dealkylation sites (tertiary alicyclic amines) is 1. The van der Waals surface area contributed by atoms with E-state index in [0.29, 0.717) is 23.4 Å². The first-order valence-electron chi connectivity index (χ1n) is 10.2. The summed E-state index contributed by atoms with van der Waals surface area (Å²) in [6.07, 6.45) is 0.313. The van der Waals surface area contributed by atoms with Crippen LogP contribution >= 0.6 is 0 Å². The lowest BCUT2D eigenvalue weighted by atomic mass is 10.0. The first-order valence-corrected chi connectivity index (χ1v) is 10.2. The first-order chi connectivity index (χ1) is 15.0. The number of para-hydroxylation sites is 1. The number of amides is 2. The van der Waals surface area contributed by atoms with E-state index >= 15 is 0 Å². The summed E-state index contributed by atoms with van der Waals surface area (Å²) in [4.78, 5) is 39.9. The Balaban J connectivity index is 1.66. The lowest BCUT2D eigenvalue weighted by Gasteiger charge is -2.29. The van der Waals surface area contributed by atoms with Gasteiger partial charge in [0.2, 0.25) is 18.0 Å². The van der Waals surface area contributed by atoms with E-state index in [2.05, 4.69) is 5.32 Å². The third-order valence-corrected chi connectivity index (χ3v) is 5.73. The van der Waals surface area contributed by atoms with E-state index in [4.69, 9.17) is 14.2 Å². The van der Waals surface area contributed by atoms with Crippen LogP contribution in [0.4, 0.5) is 5.69 Å². The highest BCUT2D eigenvalue weighted by Crippen LogP contribution is 2.45. The van der Waals surface area contributed by atoms with Crippen molar-refractivity contribution in [1.82, 2.24) is 4.90 Å². The predicted molar refractivity (Wildman–Crippen MR) is 112 cm³/mol. The van der Waals surface area contributed by atoms with E-state index in [-0.39, 0.29) is 29.5 Å². The van der Waals surface area contributed by atoms with Crippen molar-refractivity contribution in [3.63, 3.8) is 0 Å². The molecule has 8 heteroatoms. The van der Waals surface area contributed by atoms with E-state index in [1.807, 2.05) is 31.2 Å². The van der Waals surface area contributed by atoms with Crippen molar-refractivity contribution in [3.8, 4) is 11.5 Å². The van der Waals surface area contributed by atoms with Crippen LogP contribution in [0.5, 0.6) is 11.5 Å². The molecule has 162 valence electrons. The Hall–Kier alpha value is -3.55. The van der Waals surface area contributed by atoms with Crippen LogP contribution in [0.1, 0.15) is 47.5 Å². The Morgan fingerprint density at radius 3 is 2.65 bits per heavy atom. The Morgan fingerprint density at radius 1 is 1.16 bits per heavy atom. The monoisotopic (exact) mass is 424 g/mol. The van der Waals surface area contributed by atoms with Crippen molar-refractivity contribution < 1.29 is 28.6 Å². The molecule has 2 atom stereocenters. The minimum absolute atomic E-state index is 0.199. The maximum Gasteiger partial charge on any atom is 0.344 e. The molecular formula is C23H24N2O6. The maximum atomic E-state index is 13.1. The Bertz CT molecular complexity index is 1050. The largest absolute Gasteiger partial charge is 0.493 e. The number of anilines is 1. The van der Waals surface area contributed by atoms with Crippen molar-refractivity contribution in [3.05, 3.63) is 53.1 Å². The van der Waals surface area contributed by atoms with Crippen molar-refractivity contribution in [2.24, 2.45) is 0 Å². The molecule has 0 radical (unpaired) electrons. The van der Waals surface area contributed by atoms with Gasteiger partial charge >= 0.3 is 5.97 Å². The molecule has 1 fully saturated rings. The predicted octanol–water partition coefficient (Wildman–Crippen LogP) is 3.06. The summed E-state index contributed by atoms with van der Waals surface area (Å²) in [5, 5.41) is 2.94. The van der Waals surface area contributed by atoms with Gasteiger partial charge in [0.05, 0.1) is 14.2 Å². The summed E-state index contributed by atoms with van der Waals surface area (Å²) >= 11 is 0. The Morgan fingerprint density at radius 2 is 1.94 bits per heavy atom. The van der Waals surface area contributed by atoms with Crippen LogP contribution in [0, 0.1) is 0 Å². The molecular weight excluding hydrogens is 400 g/mol. The maximum absolute atomic E-state index is 13.1. The average molecular weight is 424 g/mol. The van der Waals surface area contributed by atoms with Crippen LogP contribution in [0.15, 0.2) is 36.4 Å². The van der Waals surface area contributed by atoms with E-state index in [1.54, 1.807) is 12.1 Å². The van der Waals surface area contributed by atoms with Gasteiger partial charge in [0.1, 0.15) is 11.6 Å². The number of ether oxygens (including phenoxy) is 3. The Labute approximate surface area is 180 Å². The lowest BCUT2D eigenvalue weighted by molar-refractivity contribution is -0.144. The normalized spacial score (nSPS) is 19.8. The highest BCUT2D eigenvalue weighted by Gasteiger charge is 2.47. The minimum Gasteiger partial charge on any atom is -0.493 e. The smallest absolute Gasteiger partial charge is 0.344 e. The highest BCUT2D eigenvalue weighted by atomic mass is 16.6. The second-order valence-electron chi connectivity index (χ2n) is 7.38. The van der Waals surface area contributed by atoms with Gasteiger partial charge in [-0.1, -0.05) is 25.1 Å². The zero-order valence-electron chi connectivity index (χ0n) is 17.6. The number of cyclic esters (lactones) is 1. The van der Waals surface area contributed by atoms with Gasteiger partial charge < -0.3 is 19.5 Å². The number of aryl methyl sites for hydroxylation is 1. The van der Waals surface area contributed by atoms with Crippen LogP contribution in [0.3, 0.4) is 0 Å². The topological polar surface area (TPSA) is 94.2 Å². The Kier molecular flexibility index (Phi) is 5.54. The van der Waals surface area contributed by atoms with Crippen molar-refractivity contribution >= 4 is 23.5 Å². The molecule has 1 saturated heterocycles. The SMILES string of the molecule is CCc1ccccc1NC(=O)[C@@H]1CCC(=O)N1C1OC(=O)c2c1ccc(OC)c2OC. The van der Waals surface area contributed by atoms with Gasteiger partial charge in [0.15, 0.2) is 11.5 Å². The molecule has 0 spiro atoms. The molecule has 2 heterocycles. The summed E-state index contributed by atoms with van der Waals surface area (Å²) in [6.45, 7) is 2.01. The molecule has 2 aliphatic rings. The van der Waals surface area contributed by atoms with Crippen LogP contribution < -0.4 is 14.8 Å². The van der Waals surface area contributed by atoms with Gasteiger partial charge in [-0.05, 0) is 36.6 Å². The number of hydrogen-bond acceptors (Lipinski definition) is 6. The van der Waals surface area contributed by atoms with E-state index in [1.165, 1.54) is 19.1 Å². The van der Waals surface area contributed by atoms with Crippen LogP contribution in [-0.2, 0) is 20.7 Å². The quantitative estimate of drug-likeness (QED) is 0.717. The zero-order chi connectivity index (χ0) is 22.1. The molecule has 2 aromatic rings. The van der Waals surface area contributed by atoms with Gasteiger partial charge in [-0.15, -0.1) is 0 Å². The van der Waals surface area contributed by atoms with Gasteiger partial charge in [-0.2, -0.15) is 0 Å². The molecule has 0 bridgehead atoms. The molecule has 4 rings (SSSR count). The number of benzene rings is 2. The molecule has 0 aliphatic carbocycles. The summed E-state index contributed by atoms with van der Waals surface area (Å²) in [5.41, 5.74) is 2.40. The summed E-state index contributed by atoms with van der Waals surface area (Å²) in [7, 11) is 2.90. The van der Waals surface area contributed by atoms with Gasteiger partial charge in [-0.25, -0.2) is 4.79 Å². The fourth-order valence-electron chi connectivity index (χ4n) is 4.21. The van der Waals surface area contributed by atoms with Crippen LogP contribution in [0.2, 0.25) is 0 Å². The minimum atomic E-state index is -0.991. The fraction of sp³-hybridized carbons (Fsp3) is 0.348. The molecule has 0 saturated carbocycles. The first kappa shape index (κ1) is 20.7. The molecule has 31 heavy (non-hydrogen) atoms. The molecule has 2 aromatic carbocycles. The number of fused-ring (bicyclic) bond motifs is 1. The second kappa shape index (κ2) is 8.29. The summed E-state index contributed by atoms with van der Waals surface area (Å²) in [6, 6.07) is 10.1. The number of esters is 1. The van der Waals surface area contributed by atoms with E-state index in [0.717, 1.165) is 12.0 Å². The van der Waals surface area contributed by atoms with E-state index < -0.39 is 18.2 Å². The van der Waals surface area contributed by atoms with Gasteiger partial charge in [0, 0.05) is 17.7 Å². The number of nitrogens with zero attached hydrogens (tertiary/aromatic N) is 1. The molecule has 1 N–H and O–H groups in total. The molecule has 8 nitrogen and oxygen atoms in total. The summed E-state index contributed by atoms with van der Waals surface area (Å²) < 4.78 is 16.2. The number of carbonyl (C=O) groups is 3. The third kappa shape index (κ3) is 3.48. The highest BCUT2D eigenvalue weighted by molar-refractivity contribution is 6.01. The fourth-order valence-corrected chi connectivity index (χ4v) is 4.21. The summed E-state index contributed by atoms with van der Waals surface area (Å²) in [5.74, 6) is -0.541. The third-order valence-electron chi connectivity index (χ3n) is 5.73. The number of methoxy groups -OCH3 is 2. The lowest BCUT2D eigenvalue weighted by Crippen LogP contribution is -2.44. The number of nitrogens with one attached hydrogen (secondary N) is 1. The van der Waals surface area contributed by atoms with Crippen molar-refractivity contribution in [2.45, 2.75) is 38.5 Å². The molecule has 1 unspecified atom stereocenters. The van der Waals surface area contributed by atoms with Crippen molar-refractivity contribution in [1.29, 1.82) is 0 Å². The van der Waals surface area contributed by atoms with E-state index in [9.17, 15) is 14.4 Å². The van der Waals surface area contributed by atoms with Gasteiger partial charge in [-0.3, -0.25) is 14.5 Å². The standard InChI is InChI=1S/C23H24N2O6/c1-4-13-7-5-6-8-15(13)24-21(27)16-10-12-18(26)25(16)22-14-9-11-17(29-2)20(30-3)19(14)23(28)31-22/h5-9,11,16,22H,4,10,12H2,1-3H3,(H,24,27)/t16-,22?/m0/s1. The number of rotatable bonds is 6. The molecule has 2 amide bonds. The second-order valence-corrected chi connectivity index (χ2v) is 7.38. The molecule has 2 aliphatic heterocycles. The van der Waals surface area contributed by atoms with Crippen LogP contribution in [-0.4, -0.2) is 42.9 Å². The number of hydrogen-bond donors (Lipinski definition) is 1. The zero-order valence-corrected chi connectivity index (χ0v) is 17.6. The van der Waals surface area contributed by atoms with Crippen LogP contribution in [0.25, 0.3) is 0 Å².